The fraction of sp³-hybridized carbons (Fsp3) is 0.238. The quantitative estimate of drug-likeness (QED) is 0.242. The molecule has 0 aliphatic heterocycles. The van der Waals surface area contributed by atoms with Crippen LogP contribution in [0.1, 0.15) is 11.1 Å². The van der Waals surface area contributed by atoms with Gasteiger partial charge in [0.05, 0.1) is 6.54 Å². The average Bonchev–Trinajstić information content (AvgIpc) is 3.07. The van der Waals surface area contributed by atoms with Crippen molar-refractivity contribution in [3.63, 3.8) is 0 Å². The van der Waals surface area contributed by atoms with Gasteiger partial charge < -0.3 is 20.9 Å². The van der Waals surface area contributed by atoms with Gasteiger partial charge in [-0.05, 0) is 42.7 Å². The number of benzene rings is 2. The van der Waals surface area contributed by atoms with E-state index in [1.165, 1.54) is 16.5 Å². The van der Waals surface area contributed by atoms with E-state index in [0.717, 1.165) is 24.2 Å². The number of aliphatic imine (C=N–C) groups is 1. The van der Waals surface area contributed by atoms with Crippen molar-refractivity contribution in [1.82, 2.24) is 15.6 Å². The van der Waals surface area contributed by atoms with E-state index in [4.69, 9.17) is 0 Å². The van der Waals surface area contributed by atoms with Crippen LogP contribution in [0.5, 0.6) is 0 Å². The Hall–Kier alpha value is -2.55. The number of rotatable bonds is 6. The van der Waals surface area contributed by atoms with Crippen LogP contribution in [0, 0.1) is 6.92 Å². The number of guanidine groups is 1. The van der Waals surface area contributed by atoms with E-state index < -0.39 is 0 Å². The zero-order chi connectivity index (χ0) is 19.1. The molecule has 0 saturated heterocycles. The van der Waals surface area contributed by atoms with Crippen LogP contribution in [-0.2, 0) is 11.2 Å². The molecule has 6 nitrogen and oxygen atoms in total. The molecule has 1 amide bonds. The minimum Gasteiger partial charge on any atom is -0.361 e. The number of hydrogen-bond donors (Lipinski definition) is 4. The zero-order valence-electron chi connectivity index (χ0n) is 16.1. The van der Waals surface area contributed by atoms with Crippen molar-refractivity contribution in [3.8, 4) is 0 Å². The van der Waals surface area contributed by atoms with E-state index in [2.05, 4.69) is 57.2 Å². The van der Waals surface area contributed by atoms with Crippen LogP contribution in [0.3, 0.4) is 0 Å². The Bertz CT molecular complexity index is 936. The molecule has 1 heterocycles. The molecule has 0 fully saturated rings. The lowest BCUT2D eigenvalue weighted by Gasteiger charge is -2.12. The fourth-order valence-electron chi connectivity index (χ4n) is 2.93. The summed E-state index contributed by atoms with van der Waals surface area (Å²) in [6.45, 7) is 2.97. The predicted molar refractivity (Wildman–Crippen MR) is 127 cm³/mol. The SMILES string of the molecule is CN=C(NCCc1c[nH]c2cc(C)ccc12)NCC(=O)Nc1ccccc1.I. The molecule has 0 radical (unpaired) electrons. The minimum absolute atomic E-state index is 0. The molecular weight excluding hydrogens is 465 g/mol. The van der Waals surface area contributed by atoms with E-state index in [9.17, 15) is 4.79 Å². The summed E-state index contributed by atoms with van der Waals surface area (Å²) in [4.78, 5) is 19.5. The van der Waals surface area contributed by atoms with E-state index in [1.807, 2.05) is 30.3 Å². The van der Waals surface area contributed by atoms with Gasteiger partial charge in [-0.3, -0.25) is 9.79 Å². The van der Waals surface area contributed by atoms with Gasteiger partial charge in [-0.25, -0.2) is 0 Å². The molecule has 2 aromatic carbocycles. The van der Waals surface area contributed by atoms with Crippen molar-refractivity contribution in [1.29, 1.82) is 0 Å². The number of para-hydroxylation sites is 1. The van der Waals surface area contributed by atoms with Crippen molar-refractivity contribution in [2.75, 3.05) is 25.5 Å². The molecule has 0 aliphatic rings. The van der Waals surface area contributed by atoms with Gasteiger partial charge in [0.15, 0.2) is 5.96 Å². The van der Waals surface area contributed by atoms with Crippen LogP contribution in [0.4, 0.5) is 5.69 Å². The second kappa shape index (κ2) is 10.7. The second-order valence-corrected chi connectivity index (χ2v) is 6.38. The summed E-state index contributed by atoms with van der Waals surface area (Å²) in [5.41, 5.74) is 4.44. The van der Waals surface area contributed by atoms with Gasteiger partial charge >= 0.3 is 0 Å². The maximum Gasteiger partial charge on any atom is 0.243 e. The number of nitrogens with zero attached hydrogens (tertiary/aromatic N) is 1. The van der Waals surface area contributed by atoms with Crippen LogP contribution in [-0.4, -0.2) is 37.0 Å². The Morgan fingerprint density at radius 1 is 1.11 bits per heavy atom. The van der Waals surface area contributed by atoms with Gasteiger partial charge in [0.2, 0.25) is 5.91 Å². The molecule has 0 atom stereocenters. The molecule has 0 spiro atoms. The van der Waals surface area contributed by atoms with Gasteiger partial charge in [-0.15, -0.1) is 24.0 Å². The lowest BCUT2D eigenvalue weighted by molar-refractivity contribution is -0.115. The molecule has 0 unspecified atom stereocenters. The third-order valence-corrected chi connectivity index (χ3v) is 4.31. The normalized spacial score (nSPS) is 11.0. The summed E-state index contributed by atoms with van der Waals surface area (Å²) in [7, 11) is 1.69. The maximum absolute atomic E-state index is 12.0. The first-order valence-corrected chi connectivity index (χ1v) is 9.02. The number of carbonyl (C=O) groups excluding carboxylic acids is 1. The molecule has 0 aliphatic carbocycles. The Kier molecular flexibility index (Phi) is 8.31. The summed E-state index contributed by atoms with van der Waals surface area (Å²) in [5, 5.41) is 10.4. The highest BCUT2D eigenvalue weighted by molar-refractivity contribution is 14.0. The first-order valence-electron chi connectivity index (χ1n) is 9.02. The summed E-state index contributed by atoms with van der Waals surface area (Å²) >= 11 is 0. The Morgan fingerprint density at radius 2 is 1.89 bits per heavy atom. The number of amides is 1. The van der Waals surface area contributed by atoms with E-state index in [-0.39, 0.29) is 36.4 Å². The van der Waals surface area contributed by atoms with Gasteiger partial charge in [0.1, 0.15) is 0 Å². The number of fused-ring (bicyclic) bond motifs is 1. The third-order valence-electron chi connectivity index (χ3n) is 4.31. The number of hydrogen-bond acceptors (Lipinski definition) is 2. The van der Waals surface area contributed by atoms with Crippen molar-refractivity contribution < 1.29 is 4.79 Å². The Labute approximate surface area is 182 Å². The lowest BCUT2D eigenvalue weighted by atomic mass is 10.1. The molecule has 148 valence electrons. The molecule has 3 aromatic rings. The number of halogens is 1. The van der Waals surface area contributed by atoms with Crippen LogP contribution in [0.25, 0.3) is 10.9 Å². The first-order chi connectivity index (χ1) is 13.2. The average molecular weight is 491 g/mol. The van der Waals surface area contributed by atoms with E-state index in [1.54, 1.807) is 7.05 Å². The summed E-state index contributed by atoms with van der Waals surface area (Å²) in [6, 6.07) is 15.8. The third kappa shape index (κ3) is 5.98. The molecule has 0 bridgehead atoms. The van der Waals surface area contributed by atoms with Crippen molar-refractivity contribution in [2.24, 2.45) is 4.99 Å². The van der Waals surface area contributed by atoms with E-state index in [0.29, 0.717) is 5.96 Å². The number of carbonyl (C=O) groups is 1. The highest BCUT2D eigenvalue weighted by Crippen LogP contribution is 2.19. The number of anilines is 1. The van der Waals surface area contributed by atoms with Crippen molar-refractivity contribution in [3.05, 3.63) is 65.9 Å². The highest BCUT2D eigenvalue weighted by Gasteiger charge is 2.06. The van der Waals surface area contributed by atoms with Crippen molar-refractivity contribution >= 4 is 52.4 Å². The van der Waals surface area contributed by atoms with Gasteiger partial charge in [0, 0.05) is 36.4 Å². The molecule has 1 aromatic heterocycles. The minimum atomic E-state index is -0.115. The highest BCUT2D eigenvalue weighted by atomic mass is 127. The summed E-state index contributed by atoms with van der Waals surface area (Å²) in [5.74, 6) is 0.491. The lowest BCUT2D eigenvalue weighted by Crippen LogP contribution is -2.42. The number of aromatic nitrogens is 1. The molecular formula is C21H26IN5O. The van der Waals surface area contributed by atoms with E-state index >= 15 is 0 Å². The number of aryl methyl sites for hydroxylation is 1. The molecule has 3 rings (SSSR count). The number of aromatic amines is 1. The molecule has 28 heavy (non-hydrogen) atoms. The standard InChI is InChI=1S/C21H25N5O.HI/c1-15-8-9-18-16(13-24-19(18)12-15)10-11-23-21(22-2)25-14-20(27)26-17-6-4-3-5-7-17;/h3-9,12-13,24H,10-11,14H2,1-2H3,(H,26,27)(H2,22,23,25);1H. The van der Waals surface area contributed by atoms with Crippen LogP contribution >= 0.6 is 24.0 Å². The zero-order valence-corrected chi connectivity index (χ0v) is 18.4. The summed E-state index contributed by atoms with van der Waals surface area (Å²) < 4.78 is 0. The largest absolute Gasteiger partial charge is 0.361 e. The van der Waals surface area contributed by atoms with Gasteiger partial charge in [-0.2, -0.15) is 0 Å². The predicted octanol–water partition coefficient (Wildman–Crippen LogP) is 3.44. The smallest absolute Gasteiger partial charge is 0.243 e. The monoisotopic (exact) mass is 491 g/mol. The van der Waals surface area contributed by atoms with Gasteiger partial charge in [-0.1, -0.05) is 30.3 Å². The van der Waals surface area contributed by atoms with Gasteiger partial charge in [0.25, 0.3) is 0 Å². The summed E-state index contributed by atoms with van der Waals surface area (Å²) in [6.07, 6.45) is 2.91. The maximum atomic E-state index is 12.0. The number of nitrogens with one attached hydrogen (secondary N) is 4. The molecule has 0 saturated carbocycles. The van der Waals surface area contributed by atoms with Crippen LogP contribution < -0.4 is 16.0 Å². The Morgan fingerprint density at radius 3 is 2.64 bits per heavy atom. The fourth-order valence-corrected chi connectivity index (χ4v) is 2.93. The first kappa shape index (κ1) is 21.7. The topological polar surface area (TPSA) is 81.3 Å². The molecule has 4 N–H and O–H groups in total. The van der Waals surface area contributed by atoms with Crippen LogP contribution in [0.15, 0.2) is 59.7 Å². The Balaban J connectivity index is 0.00000280. The molecule has 7 heteroatoms. The number of H-pyrrole nitrogens is 1. The second-order valence-electron chi connectivity index (χ2n) is 6.38. The van der Waals surface area contributed by atoms with Crippen molar-refractivity contribution in [2.45, 2.75) is 13.3 Å². The van der Waals surface area contributed by atoms with Crippen LogP contribution in [0.2, 0.25) is 0 Å².